The van der Waals surface area contributed by atoms with Gasteiger partial charge in [0, 0.05) is 24.3 Å². The maximum absolute atomic E-state index is 14.2. The molecule has 1 N–H and O–H groups in total. The molecule has 110 valence electrons. The summed E-state index contributed by atoms with van der Waals surface area (Å²) in [5.74, 6) is -0.354. The maximum Gasteiger partial charge on any atom is 0.143 e. The molecule has 0 radical (unpaired) electrons. The van der Waals surface area contributed by atoms with Gasteiger partial charge in [0.1, 0.15) is 5.82 Å². The fraction of sp³-hybridized carbons (Fsp3) is 0.294. The van der Waals surface area contributed by atoms with Crippen LogP contribution in [0.5, 0.6) is 0 Å². The van der Waals surface area contributed by atoms with Gasteiger partial charge in [-0.05, 0) is 47.0 Å². The standard InChI is InChI=1S/C17H17BrFNO/c18-15-8-4-7-14(16(15)19)17(21)9-11-20(12-10-17)13-5-2-1-3-6-13/h1-8,21H,9-12H2. The lowest BCUT2D eigenvalue weighted by Crippen LogP contribution is -2.43. The molecule has 1 saturated heterocycles. The minimum Gasteiger partial charge on any atom is -0.385 e. The van der Waals surface area contributed by atoms with Gasteiger partial charge in [-0.15, -0.1) is 0 Å². The van der Waals surface area contributed by atoms with E-state index in [4.69, 9.17) is 0 Å². The Balaban J connectivity index is 1.79. The van der Waals surface area contributed by atoms with E-state index in [2.05, 4.69) is 33.0 Å². The summed E-state index contributed by atoms with van der Waals surface area (Å²) in [6, 6.07) is 15.2. The molecule has 1 aliphatic rings. The van der Waals surface area contributed by atoms with Crippen LogP contribution in [0, 0.1) is 5.82 Å². The summed E-state index contributed by atoms with van der Waals surface area (Å²) >= 11 is 3.19. The van der Waals surface area contributed by atoms with Crippen LogP contribution in [-0.4, -0.2) is 18.2 Å². The van der Waals surface area contributed by atoms with Crippen molar-refractivity contribution in [1.29, 1.82) is 0 Å². The van der Waals surface area contributed by atoms with Gasteiger partial charge in [-0.3, -0.25) is 0 Å². The van der Waals surface area contributed by atoms with Crippen LogP contribution in [-0.2, 0) is 5.60 Å². The van der Waals surface area contributed by atoms with E-state index >= 15 is 0 Å². The SMILES string of the molecule is OC1(c2cccc(Br)c2F)CCN(c2ccccc2)CC1. The Bertz CT molecular complexity index is 624. The number of anilines is 1. The van der Waals surface area contributed by atoms with E-state index in [1.165, 1.54) is 0 Å². The summed E-state index contributed by atoms with van der Waals surface area (Å²) in [6.45, 7) is 1.43. The van der Waals surface area contributed by atoms with Crippen molar-refractivity contribution in [3.8, 4) is 0 Å². The summed E-state index contributed by atoms with van der Waals surface area (Å²) in [4.78, 5) is 2.23. The predicted octanol–water partition coefficient (Wildman–Crippen LogP) is 4.08. The van der Waals surface area contributed by atoms with Crippen LogP contribution in [0.15, 0.2) is 53.0 Å². The van der Waals surface area contributed by atoms with E-state index in [0.717, 1.165) is 5.69 Å². The third kappa shape index (κ3) is 2.83. The van der Waals surface area contributed by atoms with E-state index in [9.17, 15) is 9.50 Å². The van der Waals surface area contributed by atoms with E-state index < -0.39 is 5.60 Å². The van der Waals surface area contributed by atoms with Crippen LogP contribution in [0.2, 0.25) is 0 Å². The molecule has 1 aliphatic heterocycles. The largest absolute Gasteiger partial charge is 0.385 e. The van der Waals surface area contributed by atoms with Gasteiger partial charge in [0.05, 0.1) is 10.1 Å². The molecule has 0 amide bonds. The van der Waals surface area contributed by atoms with Crippen molar-refractivity contribution in [2.45, 2.75) is 18.4 Å². The first-order chi connectivity index (χ1) is 10.1. The minimum absolute atomic E-state index is 0.354. The zero-order valence-electron chi connectivity index (χ0n) is 11.6. The van der Waals surface area contributed by atoms with Gasteiger partial charge in [-0.2, -0.15) is 0 Å². The number of piperidine rings is 1. The highest BCUT2D eigenvalue weighted by atomic mass is 79.9. The molecular weight excluding hydrogens is 333 g/mol. The van der Waals surface area contributed by atoms with Gasteiger partial charge >= 0.3 is 0 Å². The second kappa shape index (κ2) is 5.78. The van der Waals surface area contributed by atoms with Crippen LogP contribution in [0.4, 0.5) is 10.1 Å². The van der Waals surface area contributed by atoms with Crippen molar-refractivity contribution in [3.05, 3.63) is 64.4 Å². The van der Waals surface area contributed by atoms with Gasteiger partial charge in [0.25, 0.3) is 0 Å². The number of halogens is 2. The number of benzene rings is 2. The minimum atomic E-state index is -1.08. The number of hydrogen-bond acceptors (Lipinski definition) is 2. The van der Waals surface area contributed by atoms with Crippen molar-refractivity contribution in [1.82, 2.24) is 0 Å². The molecule has 0 atom stereocenters. The number of nitrogens with zero attached hydrogens (tertiary/aromatic N) is 1. The zero-order valence-corrected chi connectivity index (χ0v) is 13.2. The number of para-hydroxylation sites is 1. The smallest absolute Gasteiger partial charge is 0.143 e. The molecule has 2 aromatic rings. The second-order valence-corrected chi connectivity index (χ2v) is 6.31. The number of aliphatic hydroxyl groups is 1. The topological polar surface area (TPSA) is 23.5 Å². The predicted molar refractivity (Wildman–Crippen MR) is 85.9 cm³/mol. The normalized spacial score (nSPS) is 17.8. The molecule has 0 spiro atoms. The van der Waals surface area contributed by atoms with Crippen molar-refractivity contribution >= 4 is 21.6 Å². The molecular formula is C17H17BrFNO. The summed E-state index contributed by atoms with van der Waals surface area (Å²) in [5.41, 5.74) is 0.456. The van der Waals surface area contributed by atoms with E-state index in [1.807, 2.05) is 18.2 Å². The molecule has 2 nitrogen and oxygen atoms in total. The second-order valence-electron chi connectivity index (χ2n) is 5.46. The summed E-state index contributed by atoms with van der Waals surface area (Å²) in [5, 5.41) is 10.8. The number of hydrogen-bond donors (Lipinski definition) is 1. The van der Waals surface area contributed by atoms with Gasteiger partial charge in [-0.25, -0.2) is 4.39 Å². The third-order valence-electron chi connectivity index (χ3n) is 4.16. The Hall–Kier alpha value is -1.39. The Morgan fingerprint density at radius 1 is 1.00 bits per heavy atom. The first-order valence-electron chi connectivity index (χ1n) is 7.07. The molecule has 2 aromatic carbocycles. The van der Waals surface area contributed by atoms with Crippen LogP contribution in [0.3, 0.4) is 0 Å². The van der Waals surface area contributed by atoms with Gasteiger partial charge in [-0.1, -0.05) is 30.3 Å². The molecule has 0 aliphatic carbocycles. The van der Waals surface area contributed by atoms with E-state index in [1.54, 1.807) is 18.2 Å². The quantitative estimate of drug-likeness (QED) is 0.882. The molecule has 21 heavy (non-hydrogen) atoms. The first-order valence-corrected chi connectivity index (χ1v) is 7.86. The van der Waals surface area contributed by atoms with Crippen molar-refractivity contribution < 1.29 is 9.50 Å². The molecule has 0 saturated carbocycles. The van der Waals surface area contributed by atoms with E-state index in [0.29, 0.717) is 36.0 Å². The monoisotopic (exact) mass is 349 g/mol. The van der Waals surface area contributed by atoms with Crippen LogP contribution >= 0.6 is 15.9 Å². The molecule has 1 heterocycles. The van der Waals surface area contributed by atoms with Gasteiger partial charge in [0.2, 0.25) is 0 Å². The van der Waals surface area contributed by atoms with Crippen LogP contribution < -0.4 is 4.90 Å². The van der Waals surface area contributed by atoms with Crippen LogP contribution in [0.25, 0.3) is 0 Å². The summed E-state index contributed by atoms with van der Waals surface area (Å²) in [6.07, 6.45) is 1.05. The van der Waals surface area contributed by atoms with E-state index in [-0.39, 0.29) is 5.82 Å². The Kier molecular flexibility index (Phi) is 4.00. The van der Waals surface area contributed by atoms with Crippen LogP contribution in [0.1, 0.15) is 18.4 Å². The lowest BCUT2D eigenvalue weighted by atomic mass is 9.84. The Labute approximate surface area is 132 Å². The molecule has 1 fully saturated rings. The van der Waals surface area contributed by atoms with Crippen molar-refractivity contribution in [2.24, 2.45) is 0 Å². The Morgan fingerprint density at radius 2 is 1.67 bits per heavy atom. The van der Waals surface area contributed by atoms with Gasteiger partial charge in [0.15, 0.2) is 0 Å². The highest BCUT2D eigenvalue weighted by molar-refractivity contribution is 9.10. The zero-order chi connectivity index (χ0) is 14.9. The highest BCUT2D eigenvalue weighted by Crippen LogP contribution is 2.37. The van der Waals surface area contributed by atoms with Crippen molar-refractivity contribution in [2.75, 3.05) is 18.0 Å². The molecule has 3 rings (SSSR count). The lowest BCUT2D eigenvalue weighted by molar-refractivity contribution is 0.00838. The third-order valence-corrected chi connectivity index (χ3v) is 4.78. The fourth-order valence-corrected chi connectivity index (χ4v) is 3.27. The molecule has 0 bridgehead atoms. The highest BCUT2D eigenvalue weighted by Gasteiger charge is 2.36. The fourth-order valence-electron chi connectivity index (χ4n) is 2.91. The molecule has 4 heteroatoms. The Morgan fingerprint density at radius 3 is 2.33 bits per heavy atom. The summed E-state index contributed by atoms with van der Waals surface area (Å²) < 4.78 is 14.6. The summed E-state index contributed by atoms with van der Waals surface area (Å²) in [7, 11) is 0. The molecule has 0 unspecified atom stereocenters. The van der Waals surface area contributed by atoms with Gasteiger partial charge < -0.3 is 10.0 Å². The maximum atomic E-state index is 14.2. The average molecular weight is 350 g/mol. The average Bonchev–Trinajstić information content (AvgIpc) is 2.51. The van der Waals surface area contributed by atoms with Crippen molar-refractivity contribution in [3.63, 3.8) is 0 Å². The molecule has 0 aromatic heterocycles. The lowest BCUT2D eigenvalue weighted by Gasteiger charge is -2.39. The first kappa shape index (κ1) is 14.5. The number of rotatable bonds is 2.